The third kappa shape index (κ3) is 2.22. The maximum atomic E-state index is 10.9. The Morgan fingerprint density at radius 2 is 2.08 bits per heavy atom. The number of hydrogen-bond acceptors (Lipinski definition) is 4. The highest BCUT2D eigenvalue weighted by molar-refractivity contribution is 6.47. The number of rotatable bonds is 1. The maximum Gasteiger partial charge on any atom is 0.375 e. The monoisotopic (exact) mass is 240 g/mol. The van der Waals surface area contributed by atoms with Crippen LogP contribution in [0.5, 0.6) is 0 Å². The zero-order valence-corrected chi connectivity index (χ0v) is 8.32. The van der Waals surface area contributed by atoms with Crippen molar-refractivity contribution in [2.45, 2.75) is 0 Å². The van der Waals surface area contributed by atoms with Gasteiger partial charge in [0.2, 0.25) is 0 Å². The molecule has 7 heteroatoms. The van der Waals surface area contributed by atoms with Gasteiger partial charge >= 0.3 is 5.97 Å². The van der Waals surface area contributed by atoms with Gasteiger partial charge in [-0.25, -0.2) is 9.78 Å². The highest BCUT2D eigenvalue weighted by Gasteiger charge is 2.13. The standard InChI is InChI=1S/C6H3Cl3N2O2/c7-2-1-3(6(12)13-10)11-5(9)4(2)8/h1H,10H2. The van der Waals surface area contributed by atoms with Crippen molar-refractivity contribution in [3.05, 3.63) is 27.0 Å². The Hall–Kier alpha value is -0.550. The van der Waals surface area contributed by atoms with E-state index in [1.807, 2.05) is 0 Å². The predicted molar refractivity (Wildman–Crippen MR) is 48.9 cm³/mol. The van der Waals surface area contributed by atoms with Gasteiger partial charge in [0, 0.05) is 0 Å². The normalized spacial score (nSPS) is 9.85. The van der Waals surface area contributed by atoms with Crippen LogP contribution in [0.4, 0.5) is 0 Å². The number of aromatic nitrogens is 1. The van der Waals surface area contributed by atoms with Crippen molar-refractivity contribution in [2.24, 2.45) is 5.90 Å². The summed E-state index contributed by atoms with van der Waals surface area (Å²) in [6, 6.07) is 1.21. The molecule has 0 aliphatic rings. The zero-order chi connectivity index (χ0) is 10.0. The number of nitrogens with two attached hydrogens (primary N) is 1. The summed E-state index contributed by atoms with van der Waals surface area (Å²) in [6.07, 6.45) is 0. The van der Waals surface area contributed by atoms with Crippen LogP contribution in [0.3, 0.4) is 0 Å². The molecule has 0 aromatic carbocycles. The third-order valence-electron chi connectivity index (χ3n) is 1.19. The van der Waals surface area contributed by atoms with Crippen molar-refractivity contribution in [2.75, 3.05) is 0 Å². The molecule has 0 spiro atoms. The predicted octanol–water partition coefficient (Wildman–Crippen LogP) is 2.07. The average molecular weight is 241 g/mol. The van der Waals surface area contributed by atoms with E-state index in [0.29, 0.717) is 0 Å². The van der Waals surface area contributed by atoms with Crippen LogP contribution in [0.25, 0.3) is 0 Å². The van der Waals surface area contributed by atoms with E-state index < -0.39 is 5.97 Å². The van der Waals surface area contributed by atoms with Crippen molar-refractivity contribution in [1.82, 2.24) is 4.98 Å². The lowest BCUT2D eigenvalue weighted by Gasteiger charge is -2.01. The quantitative estimate of drug-likeness (QED) is 0.604. The smallest absolute Gasteiger partial charge is 0.368 e. The summed E-state index contributed by atoms with van der Waals surface area (Å²) >= 11 is 16.7. The molecular weight excluding hydrogens is 238 g/mol. The van der Waals surface area contributed by atoms with E-state index in [0.717, 1.165) is 0 Å². The molecule has 1 aromatic heterocycles. The van der Waals surface area contributed by atoms with Crippen LogP contribution < -0.4 is 5.90 Å². The lowest BCUT2D eigenvalue weighted by atomic mass is 10.3. The Labute approximate surface area is 88.5 Å². The first-order valence-corrected chi connectivity index (χ1v) is 4.12. The summed E-state index contributed by atoms with van der Waals surface area (Å²) in [5.74, 6) is 3.80. The highest BCUT2D eigenvalue weighted by Crippen LogP contribution is 2.28. The second kappa shape index (κ2) is 4.11. The molecule has 13 heavy (non-hydrogen) atoms. The summed E-state index contributed by atoms with van der Waals surface area (Å²) in [5.41, 5.74) is -0.0955. The molecule has 0 aliphatic heterocycles. The molecular formula is C6H3Cl3N2O2. The summed E-state index contributed by atoms with van der Waals surface area (Å²) in [5, 5.41) is 0.119. The molecule has 0 bridgehead atoms. The zero-order valence-electron chi connectivity index (χ0n) is 6.05. The molecule has 0 saturated carbocycles. The minimum atomic E-state index is -0.833. The number of hydrogen-bond donors (Lipinski definition) is 1. The SMILES string of the molecule is NOC(=O)c1cc(Cl)c(Cl)c(Cl)n1. The topological polar surface area (TPSA) is 65.2 Å². The molecule has 4 nitrogen and oxygen atoms in total. The van der Waals surface area contributed by atoms with E-state index in [1.165, 1.54) is 6.07 Å². The first kappa shape index (κ1) is 10.5. The molecule has 0 radical (unpaired) electrons. The van der Waals surface area contributed by atoms with Crippen LogP contribution in [0.1, 0.15) is 10.5 Å². The van der Waals surface area contributed by atoms with E-state index in [4.69, 9.17) is 34.8 Å². The van der Waals surface area contributed by atoms with E-state index in [9.17, 15) is 4.79 Å². The van der Waals surface area contributed by atoms with Gasteiger partial charge < -0.3 is 4.84 Å². The summed E-state index contributed by atoms with van der Waals surface area (Å²) in [6.45, 7) is 0. The fraction of sp³-hybridized carbons (Fsp3) is 0. The van der Waals surface area contributed by atoms with Crippen molar-refractivity contribution in [3.8, 4) is 0 Å². The summed E-state index contributed by atoms with van der Waals surface area (Å²) in [7, 11) is 0. The largest absolute Gasteiger partial charge is 0.375 e. The molecule has 1 aromatic rings. The van der Waals surface area contributed by atoms with Crippen molar-refractivity contribution in [3.63, 3.8) is 0 Å². The van der Waals surface area contributed by atoms with Crippen LogP contribution in [-0.4, -0.2) is 11.0 Å². The second-order valence-electron chi connectivity index (χ2n) is 2.00. The second-order valence-corrected chi connectivity index (χ2v) is 3.14. The van der Waals surface area contributed by atoms with Crippen LogP contribution in [0, 0.1) is 0 Å². The average Bonchev–Trinajstić information content (AvgIpc) is 2.12. The summed E-state index contributed by atoms with van der Waals surface area (Å²) < 4.78 is 0. The fourth-order valence-corrected chi connectivity index (χ4v) is 1.16. The number of nitrogens with zero attached hydrogens (tertiary/aromatic N) is 1. The lowest BCUT2D eigenvalue weighted by Crippen LogP contribution is -2.11. The minimum absolute atomic E-state index is 0.0745. The summed E-state index contributed by atoms with van der Waals surface area (Å²) in [4.78, 5) is 18.4. The van der Waals surface area contributed by atoms with Gasteiger partial charge in [-0.3, -0.25) is 0 Å². The number of halogens is 3. The lowest BCUT2D eigenvalue weighted by molar-refractivity contribution is 0.0496. The Bertz CT molecular complexity index is 333. The molecule has 0 unspecified atom stereocenters. The minimum Gasteiger partial charge on any atom is -0.368 e. The van der Waals surface area contributed by atoms with E-state index in [1.54, 1.807) is 0 Å². The van der Waals surface area contributed by atoms with Crippen molar-refractivity contribution < 1.29 is 9.63 Å². The van der Waals surface area contributed by atoms with E-state index in [-0.39, 0.29) is 20.9 Å². The molecule has 1 heterocycles. The van der Waals surface area contributed by atoms with Crippen LogP contribution in [-0.2, 0) is 4.84 Å². The molecule has 2 N–H and O–H groups in total. The van der Waals surface area contributed by atoms with Gasteiger partial charge in [0.15, 0.2) is 5.69 Å². The van der Waals surface area contributed by atoms with Crippen molar-refractivity contribution >= 4 is 40.8 Å². The molecule has 70 valence electrons. The van der Waals surface area contributed by atoms with Crippen molar-refractivity contribution in [1.29, 1.82) is 0 Å². The number of carbonyl (C=O) groups excluding carboxylic acids is 1. The van der Waals surface area contributed by atoms with Gasteiger partial charge in [-0.1, -0.05) is 34.8 Å². The number of pyridine rings is 1. The first-order chi connectivity index (χ1) is 6.06. The van der Waals surface area contributed by atoms with Gasteiger partial charge in [0.05, 0.1) is 10.0 Å². The van der Waals surface area contributed by atoms with Gasteiger partial charge in [0.25, 0.3) is 0 Å². The van der Waals surface area contributed by atoms with Crippen LogP contribution in [0.15, 0.2) is 6.07 Å². The first-order valence-electron chi connectivity index (χ1n) is 2.99. The molecule has 1 rings (SSSR count). The van der Waals surface area contributed by atoms with Gasteiger partial charge in [-0.15, -0.1) is 0 Å². The molecule has 0 aliphatic carbocycles. The Morgan fingerprint density at radius 3 is 2.54 bits per heavy atom. The maximum absolute atomic E-state index is 10.9. The Morgan fingerprint density at radius 1 is 1.46 bits per heavy atom. The van der Waals surface area contributed by atoms with E-state index in [2.05, 4.69) is 15.7 Å². The van der Waals surface area contributed by atoms with Gasteiger partial charge in [-0.2, -0.15) is 5.90 Å². The Balaban J connectivity index is 3.20. The van der Waals surface area contributed by atoms with Gasteiger partial charge in [0.1, 0.15) is 5.15 Å². The molecule has 0 fully saturated rings. The highest BCUT2D eigenvalue weighted by atomic mass is 35.5. The molecule has 0 atom stereocenters. The van der Waals surface area contributed by atoms with E-state index >= 15 is 0 Å². The Kier molecular flexibility index (Phi) is 3.33. The third-order valence-corrected chi connectivity index (χ3v) is 2.34. The van der Waals surface area contributed by atoms with Crippen LogP contribution >= 0.6 is 34.8 Å². The molecule has 0 saturated heterocycles. The van der Waals surface area contributed by atoms with Gasteiger partial charge in [-0.05, 0) is 6.07 Å². The molecule has 0 amide bonds. The fourth-order valence-electron chi connectivity index (χ4n) is 0.634. The number of carbonyl (C=O) groups is 1. The van der Waals surface area contributed by atoms with Crippen LogP contribution in [0.2, 0.25) is 15.2 Å².